The number of urea groups is 1. The molecule has 21 heavy (non-hydrogen) atoms. The van der Waals surface area contributed by atoms with Crippen LogP contribution in [0.15, 0.2) is 22.7 Å². The fourth-order valence-electron chi connectivity index (χ4n) is 2.47. The number of aliphatic carboxylic acids is 1. The molecule has 7 heteroatoms. The molecule has 0 bridgehead atoms. The maximum atomic E-state index is 11.9. The van der Waals surface area contributed by atoms with Crippen LogP contribution >= 0.6 is 27.5 Å². The van der Waals surface area contributed by atoms with Crippen LogP contribution in [0.5, 0.6) is 0 Å². The molecule has 0 spiro atoms. The van der Waals surface area contributed by atoms with Crippen molar-refractivity contribution in [3.63, 3.8) is 0 Å². The lowest BCUT2D eigenvalue weighted by Crippen LogP contribution is -2.55. The van der Waals surface area contributed by atoms with Gasteiger partial charge in [-0.15, -0.1) is 0 Å². The Labute approximate surface area is 136 Å². The first-order valence-corrected chi connectivity index (χ1v) is 7.83. The number of amides is 2. The molecule has 0 heterocycles. The summed E-state index contributed by atoms with van der Waals surface area (Å²) in [5, 5.41) is 15.1. The van der Waals surface area contributed by atoms with Crippen molar-refractivity contribution < 1.29 is 14.7 Å². The molecule has 1 aromatic rings. The van der Waals surface area contributed by atoms with Crippen molar-refractivity contribution in [3.8, 4) is 0 Å². The summed E-state index contributed by atoms with van der Waals surface area (Å²) in [7, 11) is 0. The third kappa shape index (κ3) is 3.89. The van der Waals surface area contributed by atoms with E-state index in [4.69, 9.17) is 11.6 Å². The second-order valence-electron chi connectivity index (χ2n) is 5.14. The van der Waals surface area contributed by atoms with Gasteiger partial charge in [0.05, 0.1) is 0 Å². The Kier molecular flexibility index (Phi) is 5.11. The van der Waals surface area contributed by atoms with Crippen LogP contribution in [0.25, 0.3) is 0 Å². The topological polar surface area (TPSA) is 78.4 Å². The fourth-order valence-corrected chi connectivity index (χ4v) is 3.21. The van der Waals surface area contributed by atoms with Gasteiger partial charge in [-0.25, -0.2) is 9.59 Å². The second kappa shape index (κ2) is 6.66. The first-order chi connectivity index (χ1) is 9.93. The molecule has 1 saturated carbocycles. The van der Waals surface area contributed by atoms with Crippen LogP contribution in [0.1, 0.15) is 31.2 Å². The molecule has 1 aliphatic carbocycles. The van der Waals surface area contributed by atoms with Gasteiger partial charge in [0.2, 0.25) is 0 Å². The van der Waals surface area contributed by atoms with Crippen LogP contribution in [0, 0.1) is 0 Å². The maximum absolute atomic E-state index is 11.9. The fraction of sp³-hybridized carbons (Fsp3) is 0.429. The van der Waals surface area contributed by atoms with Gasteiger partial charge in [-0.3, -0.25) is 0 Å². The molecule has 5 nitrogen and oxygen atoms in total. The third-order valence-corrected chi connectivity index (χ3v) is 4.52. The van der Waals surface area contributed by atoms with Gasteiger partial charge in [-0.2, -0.15) is 0 Å². The van der Waals surface area contributed by atoms with Crippen molar-refractivity contribution in [1.82, 2.24) is 10.6 Å². The van der Waals surface area contributed by atoms with Crippen LogP contribution in [0.2, 0.25) is 5.02 Å². The number of carboxylic acid groups (broad SMARTS) is 1. The summed E-state index contributed by atoms with van der Waals surface area (Å²) in [4.78, 5) is 23.3. The van der Waals surface area contributed by atoms with Crippen LogP contribution in [0.3, 0.4) is 0 Å². The zero-order valence-electron chi connectivity index (χ0n) is 11.3. The van der Waals surface area contributed by atoms with E-state index in [-0.39, 0.29) is 6.54 Å². The Morgan fingerprint density at radius 3 is 2.57 bits per heavy atom. The zero-order valence-corrected chi connectivity index (χ0v) is 13.6. The van der Waals surface area contributed by atoms with E-state index in [1.807, 2.05) is 6.07 Å². The lowest BCUT2D eigenvalue weighted by molar-refractivity contribution is -0.144. The van der Waals surface area contributed by atoms with Gasteiger partial charge in [0, 0.05) is 16.0 Å². The molecule has 1 fully saturated rings. The predicted octanol–water partition coefficient (Wildman–Crippen LogP) is 3.30. The SMILES string of the molecule is O=C(NCc1ccc(Br)cc1Cl)NC1(C(=O)O)CCCC1. The highest BCUT2D eigenvalue weighted by Gasteiger charge is 2.42. The highest BCUT2D eigenvalue weighted by molar-refractivity contribution is 9.10. The average molecular weight is 376 g/mol. The molecule has 3 N–H and O–H groups in total. The van der Waals surface area contributed by atoms with E-state index in [1.165, 1.54) is 0 Å². The van der Waals surface area contributed by atoms with E-state index in [2.05, 4.69) is 26.6 Å². The quantitative estimate of drug-likeness (QED) is 0.755. The maximum Gasteiger partial charge on any atom is 0.329 e. The van der Waals surface area contributed by atoms with Gasteiger partial charge in [-0.05, 0) is 30.5 Å². The van der Waals surface area contributed by atoms with Crippen molar-refractivity contribution in [1.29, 1.82) is 0 Å². The average Bonchev–Trinajstić information content (AvgIpc) is 2.87. The number of hydrogen-bond donors (Lipinski definition) is 3. The summed E-state index contributed by atoms with van der Waals surface area (Å²) in [6, 6.07) is 4.89. The van der Waals surface area contributed by atoms with E-state index in [1.54, 1.807) is 12.1 Å². The Morgan fingerprint density at radius 2 is 2.00 bits per heavy atom. The third-order valence-electron chi connectivity index (χ3n) is 3.67. The molecule has 0 aromatic heterocycles. The van der Waals surface area contributed by atoms with Crippen molar-refractivity contribution in [2.45, 2.75) is 37.8 Å². The summed E-state index contributed by atoms with van der Waals surface area (Å²) in [5.74, 6) is -0.975. The molecule has 1 aliphatic rings. The Hall–Kier alpha value is -1.27. The Morgan fingerprint density at radius 1 is 1.33 bits per heavy atom. The second-order valence-corrected chi connectivity index (χ2v) is 6.46. The van der Waals surface area contributed by atoms with Crippen LogP contribution in [0.4, 0.5) is 4.79 Å². The van der Waals surface area contributed by atoms with Gasteiger partial charge in [0.1, 0.15) is 5.54 Å². The first kappa shape index (κ1) is 16.1. The number of hydrogen-bond acceptors (Lipinski definition) is 2. The van der Waals surface area contributed by atoms with Crippen LogP contribution in [-0.4, -0.2) is 22.6 Å². The molecule has 2 amide bonds. The van der Waals surface area contributed by atoms with Gasteiger partial charge in [-0.1, -0.05) is 46.4 Å². The minimum Gasteiger partial charge on any atom is -0.480 e. The Balaban J connectivity index is 1.94. The van der Waals surface area contributed by atoms with Crippen molar-refractivity contribution >= 4 is 39.5 Å². The molecule has 0 radical (unpaired) electrons. The van der Waals surface area contributed by atoms with Gasteiger partial charge in [0.15, 0.2) is 0 Å². The molecule has 0 unspecified atom stereocenters. The van der Waals surface area contributed by atoms with Crippen molar-refractivity contribution in [3.05, 3.63) is 33.3 Å². The molecule has 0 atom stereocenters. The standard InChI is InChI=1S/C14H16BrClN2O3/c15-10-4-3-9(11(16)7-10)8-17-13(21)18-14(12(19)20)5-1-2-6-14/h3-4,7H,1-2,5-6,8H2,(H,19,20)(H2,17,18,21). The smallest absolute Gasteiger partial charge is 0.329 e. The number of benzene rings is 1. The number of halogens is 2. The molecular weight excluding hydrogens is 360 g/mol. The minimum absolute atomic E-state index is 0.244. The molecule has 0 saturated heterocycles. The van der Waals surface area contributed by atoms with Gasteiger partial charge in [0.25, 0.3) is 0 Å². The van der Waals surface area contributed by atoms with E-state index in [9.17, 15) is 14.7 Å². The molecule has 2 rings (SSSR count). The summed E-state index contributed by atoms with van der Waals surface area (Å²) < 4.78 is 0.858. The van der Waals surface area contributed by atoms with E-state index >= 15 is 0 Å². The molecule has 1 aromatic carbocycles. The number of carboxylic acids is 1. The van der Waals surface area contributed by atoms with E-state index in [0.29, 0.717) is 17.9 Å². The molecular formula is C14H16BrClN2O3. The number of carbonyl (C=O) groups excluding carboxylic acids is 1. The largest absolute Gasteiger partial charge is 0.480 e. The summed E-state index contributed by atoms with van der Waals surface area (Å²) in [5.41, 5.74) is -0.362. The molecule has 0 aliphatic heterocycles. The van der Waals surface area contributed by atoms with Gasteiger partial charge >= 0.3 is 12.0 Å². The lowest BCUT2D eigenvalue weighted by atomic mass is 9.98. The zero-order chi connectivity index (χ0) is 15.5. The van der Waals surface area contributed by atoms with E-state index < -0.39 is 17.5 Å². The van der Waals surface area contributed by atoms with Crippen LogP contribution in [-0.2, 0) is 11.3 Å². The highest BCUT2D eigenvalue weighted by atomic mass is 79.9. The minimum atomic E-state index is -1.13. The normalized spacial score (nSPS) is 16.5. The van der Waals surface area contributed by atoms with Crippen LogP contribution < -0.4 is 10.6 Å². The first-order valence-electron chi connectivity index (χ1n) is 6.66. The number of carbonyl (C=O) groups is 2. The monoisotopic (exact) mass is 374 g/mol. The molecule has 114 valence electrons. The highest BCUT2D eigenvalue weighted by Crippen LogP contribution is 2.29. The predicted molar refractivity (Wildman–Crippen MR) is 83.4 cm³/mol. The summed E-state index contributed by atoms with van der Waals surface area (Å²) in [6.45, 7) is 0.244. The Bertz CT molecular complexity index is 559. The van der Waals surface area contributed by atoms with Crippen molar-refractivity contribution in [2.24, 2.45) is 0 Å². The summed E-state index contributed by atoms with van der Waals surface area (Å²) >= 11 is 9.37. The number of rotatable bonds is 4. The van der Waals surface area contributed by atoms with Crippen molar-refractivity contribution in [2.75, 3.05) is 0 Å². The lowest BCUT2D eigenvalue weighted by Gasteiger charge is -2.25. The van der Waals surface area contributed by atoms with Gasteiger partial charge < -0.3 is 15.7 Å². The number of nitrogens with one attached hydrogen (secondary N) is 2. The summed E-state index contributed by atoms with van der Waals surface area (Å²) in [6.07, 6.45) is 2.56. The van der Waals surface area contributed by atoms with E-state index in [0.717, 1.165) is 22.9 Å².